The van der Waals surface area contributed by atoms with E-state index in [1.807, 2.05) is 0 Å². The van der Waals surface area contributed by atoms with E-state index in [9.17, 15) is 4.79 Å². The van der Waals surface area contributed by atoms with Crippen molar-refractivity contribution in [2.45, 2.75) is 19.4 Å². The molecule has 2 heterocycles. The Hall–Kier alpha value is -2.43. The summed E-state index contributed by atoms with van der Waals surface area (Å²) >= 11 is 1.69. The summed E-state index contributed by atoms with van der Waals surface area (Å²) in [6.45, 7) is 4.79. The van der Waals surface area contributed by atoms with Crippen LogP contribution in [0.2, 0.25) is 0 Å². The van der Waals surface area contributed by atoms with Crippen LogP contribution in [0.1, 0.15) is 26.4 Å². The second-order valence-electron chi connectivity index (χ2n) is 7.83. The number of aryl methyl sites for hydroxylation is 2. The van der Waals surface area contributed by atoms with Gasteiger partial charge in [-0.15, -0.1) is 11.3 Å². The number of benzene rings is 2. The van der Waals surface area contributed by atoms with Crippen LogP contribution in [0.3, 0.4) is 0 Å². The van der Waals surface area contributed by atoms with Crippen molar-refractivity contribution in [2.75, 3.05) is 26.2 Å². The summed E-state index contributed by atoms with van der Waals surface area (Å²) in [5.41, 5.74) is 5.46. The molecule has 1 saturated heterocycles. The van der Waals surface area contributed by atoms with Crippen LogP contribution in [0.5, 0.6) is 0 Å². The molecule has 1 amide bonds. The molecule has 2 aliphatic rings. The number of fused-ring (bicyclic) bond motifs is 3. The molecular formula is C24H25N2OS+. The lowest BCUT2D eigenvalue weighted by molar-refractivity contribution is -0.917. The first kappa shape index (κ1) is 17.7. The van der Waals surface area contributed by atoms with E-state index in [2.05, 4.69) is 65.6 Å². The molecule has 0 unspecified atom stereocenters. The van der Waals surface area contributed by atoms with Crippen LogP contribution in [0.15, 0.2) is 60.7 Å². The quantitative estimate of drug-likeness (QED) is 0.732. The minimum absolute atomic E-state index is 0.218. The molecule has 0 spiro atoms. The molecule has 0 radical (unpaired) electrons. The molecule has 2 aromatic carbocycles. The molecular weight excluding hydrogens is 364 g/mol. The Morgan fingerprint density at radius 1 is 0.929 bits per heavy atom. The van der Waals surface area contributed by atoms with Crippen molar-refractivity contribution >= 4 is 17.2 Å². The lowest BCUT2D eigenvalue weighted by Gasteiger charge is -2.32. The molecule has 28 heavy (non-hydrogen) atoms. The number of thiophene rings is 1. The molecule has 1 aliphatic carbocycles. The predicted molar refractivity (Wildman–Crippen MR) is 114 cm³/mol. The van der Waals surface area contributed by atoms with Crippen molar-refractivity contribution in [1.29, 1.82) is 0 Å². The van der Waals surface area contributed by atoms with Crippen molar-refractivity contribution in [3.63, 3.8) is 0 Å². The number of amides is 1. The zero-order valence-electron chi connectivity index (χ0n) is 16.0. The highest BCUT2D eigenvalue weighted by molar-refractivity contribution is 7.17. The summed E-state index contributed by atoms with van der Waals surface area (Å²) in [7, 11) is 0. The lowest BCUT2D eigenvalue weighted by atomic mass is 9.91. The fraction of sp³-hybridized carbons (Fsp3) is 0.292. The number of hydrogen-bond donors (Lipinski definition) is 1. The summed E-state index contributed by atoms with van der Waals surface area (Å²) in [4.78, 5) is 19.0. The van der Waals surface area contributed by atoms with Crippen molar-refractivity contribution in [3.8, 4) is 10.4 Å². The van der Waals surface area contributed by atoms with Crippen LogP contribution < -0.4 is 4.90 Å². The Morgan fingerprint density at radius 2 is 1.64 bits per heavy atom. The van der Waals surface area contributed by atoms with Crippen molar-refractivity contribution in [2.24, 2.45) is 0 Å². The van der Waals surface area contributed by atoms with Gasteiger partial charge in [0.05, 0.1) is 31.1 Å². The number of piperazine rings is 1. The molecule has 0 atom stereocenters. The highest BCUT2D eigenvalue weighted by atomic mass is 32.1. The Labute approximate surface area is 170 Å². The number of nitrogens with zero attached hydrogens (tertiary/aromatic N) is 1. The van der Waals surface area contributed by atoms with Crippen LogP contribution in [0.4, 0.5) is 0 Å². The van der Waals surface area contributed by atoms with Gasteiger partial charge in [0.2, 0.25) is 0 Å². The summed E-state index contributed by atoms with van der Waals surface area (Å²) < 4.78 is 0. The average Bonchev–Trinajstić information content (AvgIpc) is 3.19. The van der Waals surface area contributed by atoms with Crippen LogP contribution in [0.25, 0.3) is 10.4 Å². The maximum Gasteiger partial charge on any atom is 0.264 e. The summed E-state index contributed by atoms with van der Waals surface area (Å²) in [6.07, 6.45) is 2.13. The van der Waals surface area contributed by atoms with E-state index < -0.39 is 0 Å². The van der Waals surface area contributed by atoms with E-state index in [0.717, 1.165) is 50.4 Å². The Balaban J connectivity index is 1.27. The van der Waals surface area contributed by atoms with Gasteiger partial charge in [-0.3, -0.25) is 4.79 Å². The third-order valence-electron chi connectivity index (χ3n) is 6.00. The van der Waals surface area contributed by atoms with Gasteiger partial charge in [0, 0.05) is 10.4 Å². The molecule has 4 heteroatoms. The second kappa shape index (κ2) is 7.53. The zero-order valence-corrected chi connectivity index (χ0v) is 16.8. The maximum atomic E-state index is 13.1. The topological polar surface area (TPSA) is 24.8 Å². The lowest BCUT2D eigenvalue weighted by Crippen LogP contribution is -3.13. The average molecular weight is 390 g/mol. The molecule has 142 valence electrons. The standard InChI is InChI=1S/C24H24N2OS/c27-24(26-14-12-25(13-15-26)17-18-6-2-1-3-7-18)22-16-20-11-10-19-8-4-5-9-21(19)23(20)28-22/h1-9,16H,10-15,17H2/p+1. The van der Waals surface area contributed by atoms with Gasteiger partial charge < -0.3 is 9.80 Å². The van der Waals surface area contributed by atoms with E-state index in [0.29, 0.717) is 0 Å². The van der Waals surface area contributed by atoms with Crippen LogP contribution in [-0.4, -0.2) is 37.0 Å². The minimum atomic E-state index is 0.218. The summed E-state index contributed by atoms with van der Waals surface area (Å²) in [5, 5.41) is 0. The first-order valence-corrected chi connectivity index (χ1v) is 11.0. The van der Waals surface area contributed by atoms with Gasteiger partial charge in [0.1, 0.15) is 6.54 Å². The Bertz CT molecular complexity index is 987. The first-order chi connectivity index (χ1) is 13.8. The van der Waals surface area contributed by atoms with Gasteiger partial charge in [-0.1, -0.05) is 54.6 Å². The van der Waals surface area contributed by atoms with Crippen molar-refractivity contribution in [1.82, 2.24) is 4.90 Å². The fourth-order valence-electron chi connectivity index (χ4n) is 4.42. The zero-order chi connectivity index (χ0) is 18.9. The van der Waals surface area contributed by atoms with Gasteiger partial charge in [0.15, 0.2) is 0 Å². The van der Waals surface area contributed by atoms with E-state index in [-0.39, 0.29) is 5.91 Å². The van der Waals surface area contributed by atoms with Crippen LogP contribution in [-0.2, 0) is 19.4 Å². The monoisotopic (exact) mass is 389 g/mol. The molecule has 3 nitrogen and oxygen atoms in total. The van der Waals surface area contributed by atoms with Gasteiger partial charge in [-0.25, -0.2) is 0 Å². The van der Waals surface area contributed by atoms with Gasteiger partial charge in [-0.05, 0) is 35.6 Å². The number of quaternary nitrogens is 1. The highest BCUT2D eigenvalue weighted by Crippen LogP contribution is 2.39. The molecule has 1 fully saturated rings. The number of hydrogen-bond acceptors (Lipinski definition) is 2. The first-order valence-electron chi connectivity index (χ1n) is 10.2. The van der Waals surface area contributed by atoms with Crippen LogP contribution >= 0.6 is 11.3 Å². The molecule has 1 aliphatic heterocycles. The largest absolute Gasteiger partial charge is 0.328 e. The molecule has 3 aromatic rings. The van der Waals surface area contributed by atoms with Gasteiger partial charge in [-0.2, -0.15) is 0 Å². The fourth-order valence-corrected chi connectivity index (χ4v) is 5.66. The third kappa shape index (κ3) is 3.38. The van der Waals surface area contributed by atoms with Crippen molar-refractivity contribution < 1.29 is 9.69 Å². The smallest absolute Gasteiger partial charge is 0.264 e. The Kier molecular flexibility index (Phi) is 4.75. The molecule has 0 saturated carbocycles. The predicted octanol–water partition coefficient (Wildman–Crippen LogP) is 3.05. The summed E-state index contributed by atoms with van der Waals surface area (Å²) in [5.74, 6) is 0.218. The van der Waals surface area contributed by atoms with Gasteiger partial charge in [0.25, 0.3) is 5.91 Å². The highest BCUT2D eigenvalue weighted by Gasteiger charge is 2.27. The van der Waals surface area contributed by atoms with E-state index in [1.165, 1.54) is 27.1 Å². The summed E-state index contributed by atoms with van der Waals surface area (Å²) in [6, 6.07) is 21.4. The van der Waals surface area contributed by atoms with E-state index >= 15 is 0 Å². The normalized spacial score (nSPS) is 16.5. The number of carbonyl (C=O) groups excluding carboxylic acids is 1. The third-order valence-corrected chi connectivity index (χ3v) is 7.20. The Morgan fingerprint density at radius 3 is 2.46 bits per heavy atom. The maximum absolute atomic E-state index is 13.1. The van der Waals surface area contributed by atoms with Crippen molar-refractivity contribution in [3.05, 3.63) is 82.2 Å². The second-order valence-corrected chi connectivity index (χ2v) is 8.88. The molecule has 1 N–H and O–H groups in total. The van der Waals surface area contributed by atoms with Crippen LogP contribution in [0, 0.1) is 0 Å². The van der Waals surface area contributed by atoms with E-state index in [1.54, 1.807) is 16.2 Å². The van der Waals surface area contributed by atoms with E-state index in [4.69, 9.17) is 0 Å². The molecule has 1 aromatic heterocycles. The number of nitrogens with one attached hydrogen (secondary N) is 1. The SMILES string of the molecule is O=C(c1cc2c(s1)-c1ccccc1CC2)N1CC[NH+](Cc2ccccc2)CC1. The number of rotatable bonds is 3. The van der Waals surface area contributed by atoms with Gasteiger partial charge >= 0.3 is 0 Å². The molecule has 5 rings (SSSR count). The molecule has 0 bridgehead atoms. The number of carbonyl (C=O) groups is 1. The minimum Gasteiger partial charge on any atom is -0.328 e.